The van der Waals surface area contributed by atoms with Crippen LogP contribution in [0.4, 0.5) is 0 Å². The lowest BCUT2D eigenvalue weighted by atomic mass is 10.1. The first-order valence-electron chi connectivity index (χ1n) is 3.76. The molecule has 0 fully saturated rings. The highest BCUT2D eigenvalue weighted by molar-refractivity contribution is 14.1. The Morgan fingerprint density at radius 1 is 1.54 bits per heavy atom. The van der Waals surface area contributed by atoms with Gasteiger partial charge in [0.05, 0.1) is 0 Å². The number of hydrogen-bond acceptors (Lipinski definition) is 1. The molecule has 1 N–H and O–H groups in total. The maximum absolute atomic E-state index is 10.4. The Hall–Kier alpha value is -0.100. The van der Waals surface area contributed by atoms with Gasteiger partial charge in [0.1, 0.15) is 0 Å². The van der Waals surface area contributed by atoms with Gasteiger partial charge in [-0.05, 0) is 46.7 Å². The van der Waals surface area contributed by atoms with Crippen molar-refractivity contribution in [3.8, 4) is 0 Å². The Kier molecular flexibility index (Phi) is 4.18. The van der Waals surface area contributed by atoms with Crippen LogP contribution in [0, 0.1) is 3.57 Å². The third-order valence-electron chi connectivity index (χ3n) is 1.65. The summed E-state index contributed by atoms with van der Waals surface area (Å²) in [6, 6.07) is 5.85. The van der Waals surface area contributed by atoms with Gasteiger partial charge in [-0.3, -0.25) is 4.79 Å². The van der Waals surface area contributed by atoms with E-state index >= 15 is 0 Å². The van der Waals surface area contributed by atoms with Gasteiger partial charge in [0, 0.05) is 14.5 Å². The van der Waals surface area contributed by atoms with Crippen molar-refractivity contribution in [2.75, 3.05) is 0 Å². The fourth-order valence-corrected chi connectivity index (χ4v) is 2.71. The quantitative estimate of drug-likeness (QED) is 0.847. The van der Waals surface area contributed by atoms with E-state index in [9.17, 15) is 4.79 Å². The number of benzene rings is 1. The van der Waals surface area contributed by atoms with Gasteiger partial charge in [-0.15, -0.1) is 0 Å². The lowest BCUT2D eigenvalue weighted by Gasteiger charge is -2.04. The molecule has 0 saturated heterocycles. The minimum Gasteiger partial charge on any atom is -0.481 e. The number of rotatable bonds is 3. The van der Waals surface area contributed by atoms with Crippen molar-refractivity contribution in [2.45, 2.75) is 12.8 Å². The Morgan fingerprint density at radius 3 is 2.77 bits per heavy atom. The highest BCUT2D eigenvalue weighted by Crippen LogP contribution is 2.23. The molecule has 0 amide bonds. The van der Waals surface area contributed by atoms with Crippen molar-refractivity contribution < 1.29 is 9.90 Å². The number of aliphatic carboxylic acids is 1. The van der Waals surface area contributed by atoms with Crippen LogP contribution in [0.5, 0.6) is 0 Å². The van der Waals surface area contributed by atoms with E-state index in [0.717, 1.165) is 13.6 Å². The molecule has 1 aromatic carbocycles. The molecule has 1 rings (SSSR count). The monoisotopic (exact) mass is 354 g/mol. The minimum absolute atomic E-state index is 0.179. The van der Waals surface area contributed by atoms with Gasteiger partial charge in [0.15, 0.2) is 0 Å². The Balaban J connectivity index is 2.81. The molecule has 2 nitrogen and oxygen atoms in total. The highest BCUT2D eigenvalue weighted by Gasteiger charge is 2.06. The molecule has 0 heterocycles. The molecule has 0 aliphatic carbocycles. The predicted octanol–water partition coefficient (Wildman–Crippen LogP) is 3.07. The van der Waals surface area contributed by atoms with Crippen LogP contribution in [0.25, 0.3) is 0 Å². The lowest BCUT2D eigenvalue weighted by molar-refractivity contribution is -0.136. The SMILES string of the molecule is O=C(O)CCc1c(Br)cccc1I. The smallest absolute Gasteiger partial charge is 0.303 e. The molecule has 13 heavy (non-hydrogen) atoms. The molecule has 70 valence electrons. The molecule has 0 spiro atoms. The van der Waals surface area contributed by atoms with Crippen LogP contribution < -0.4 is 0 Å². The highest BCUT2D eigenvalue weighted by atomic mass is 127. The third-order valence-corrected chi connectivity index (χ3v) is 3.40. The summed E-state index contributed by atoms with van der Waals surface area (Å²) in [5.74, 6) is -0.758. The van der Waals surface area contributed by atoms with E-state index in [1.54, 1.807) is 0 Å². The molecule has 0 aliphatic rings. The maximum Gasteiger partial charge on any atom is 0.303 e. The Bertz CT molecular complexity index is 305. The normalized spacial score (nSPS) is 10.0. The fraction of sp³-hybridized carbons (Fsp3) is 0.222. The second kappa shape index (κ2) is 4.95. The molecule has 1 aromatic rings. The van der Waals surface area contributed by atoms with Gasteiger partial charge < -0.3 is 5.11 Å². The first-order valence-corrected chi connectivity index (χ1v) is 5.63. The zero-order valence-electron chi connectivity index (χ0n) is 6.76. The van der Waals surface area contributed by atoms with Crippen LogP contribution in [0.15, 0.2) is 22.7 Å². The molecule has 0 unspecified atom stereocenters. The van der Waals surface area contributed by atoms with Crippen molar-refractivity contribution in [2.24, 2.45) is 0 Å². The molecule has 0 aliphatic heterocycles. The summed E-state index contributed by atoms with van der Waals surface area (Å²) in [7, 11) is 0. The van der Waals surface area contributed by atoms with E-state index in [0.29, 0.717) is 6.42 Å². The Labute approximate surface area is 98.6 Å². The van der Waals surface area contributed by atoms with Crippen LogP contribution in [-0.2, 0) is 11.2 Å². The number of hydrogen-bond donors (Lipinski definition) is 1. The zero-order chi connectivity index (χ0) is 9.84. The molecule has 0 radical (unpaired) electrons. The summed E-state index contributed by atoms with van der Waals surface area (Å²) < 4.78 is 2.09. The lowest BCUT2D eigenvalue weighted by Crippen LogP contribution is -1.99. The van der Waals surface area contributed by atoms with Crippen molar-refractivity contribution in [3.63, 3.8) is 0 Å². The summed E-state index contributed by atoms with van der Waals surface area (Å²) in [5.41, 5.74) is 1.07. The summed E-state index contributed by atoms with van der Waals surface area (Å²) in [6.45, 7) is 0. The second-order valence-corrected chi connectivity index (χ2v) is 4.61. The molecule has 0 bridgehead atoms. The average molecular weight is 355 g/mol. The molecular formula is C9H8BrIO2. The standard InChI is InChI=1S/C9H8BrIO2/c10-7-2-1-3-8(11)6(7)4-5-9(12)13/h1-3H,4-5H2,(H,12,13). The second-order valence-electron chi connectivity index (χ2n) is 2.59. The summed E-state index contributed by atoms with van der Waals surface area (Å²) in [6.07, 6.45) is 0.758. The average Bonchev–Trinajstić information content (AvgIpc) is 2.03. The van der Waals surface area contributed by atoms with Crippen LogP contribution in [0.2, 0.25) is 0 Å². The largest absolute Gasteiger partial charge is 0.481 e. The maximum atomic E-state index is 10.4. The molecule has 4 heteroatoms. The van der Waals surface area contributed by atoms with Crippen LogP contribution in [0.1, 0.15) is 12.0 Å². The van der Waals surface area contributed by atoms with Crippen molar-refractivity contribution >= 4 is 44.5 Å². The van der Waals surface area contributed by atoms with E-state index in [2.05, 4.69) is 38.5 Å². The zero-order valence-corrected chi connectivity index (χ0v) is 10.5. The molecule has 0 atom stereocenters. The van der Waals surface area contributed by atoms with E-state index in [1.807, 2.05) is 18.2 Å². The minimum atomic E-state index is -0.758. The van der Waals surface area contributed by atoms with Crippen molar-refractivity contribution in [1.29, 1.82) is 0 Å². The summed E-state index contributed by atoms with van der Waals surface area (Å²) in [5, 5.41) is 8.54. The number of halogens is 2. The first-order chi connectivity index (χ1) is 6.11. The van der Waals surface area contributed by atoms with E-state index in [-0.39, 0.29) is 6.42 Å². The third kappa shape index (κ3) is 3.27. The van der Waals surface area contributed by atoms with Gasteiger partial charge in [-0.25, -0.2) is 0 Å². The van der Waals surface area contributed by atoms with E-state index in [1.165, 1.54) is 0 Å². The van der Waals surface area contributed by atoms with E-state index < -0.39 is 5.97 Å². The van der Waals surface area contributed by atoms with Gasteiger partial charge in [-0.1, -0.05) is 22.0 Å². The van der Waals surface area contributed by atoms with Crippen molar-refractivity contribution in [3.05, 3.63) is 31.8 Å². The van der Waals surface area contributed by atoms with Crippen LogP contribution in [0.3, 0.4) is 0 Å². The number of carboxylic acid groups (broad SMARTS) is 1. The van der Waals surface area contributed by atoms with Gasteiger partial charge in [0.2, 0.25) is 0 Å². The van der Waals surface area contributed by atoms with Gasteiger partial charge in [-0.2, -0.15) is 0 Å². The Morgan fingerprint density at radius 2 is 2.23 bits per heavy atom. The van der Waals surface area contributed by atoms with Gasteiger partial charge >= 0.3 is 5.97 Å². The molecule has 0 saturated carbocycles. The predicted molar refractivity (Wildman–Crippen MR) is 62.8 cm³/mol. The molecular weight excluding hydrogens is 347 g/mol. The van der Waals surface area contributed by atoms with Gasteiger partial charge in [0.25, 0.3) is 0 Å². The number of carboxylic acids is 1. The van der Waals surface area contributed by atoms with Crippen LogP contribution >= 0.6 is 38.5 Å². The van der Waals surface area contributed by atoms with Crippen molar-refractivity contribution in [1.82, 2.24) is 0 Å². The number of carbonyl (C=O) groups is 1. The topological polar surface area (TPSA) is 37.3 Å². The molecule has 0 aromatic heterocycles. The van der Waals surface area contributed by atoms with Crippen LogP contribution in [-0.4, -0.2) is 11.1 Å². The van der Waals surface area contributed by atoms with E-state index in [4.69, 9.17) is 5.11 Å². The first kappa shape index (κ1) is 11.0. The summed E-state index contributed by atoms with van der Waals surface area (Å²) in [4.78, 5) is 10.4. The fourth-order valence-electron chi connectivity index (χ4n) is 1.00. The summed E-state index contributed by atoms with van der Waals surface area (Å²) >= 11 is 5.61.